The van der Waals surface area contributed by atoms with E-state index in [9.17, 15) is 4.79 Å². The fraction of sp³-hybridized carbons (Fsp3) is 0.900. The first-order chi connectivity index (χ1) is 10.0. The van der Waals surface area contributed by atoms with Crippen LogP contribution in [0, 0.1) is 16.2 Å². The van der Waals surface area contributed by atoms with Crippen molar-refractivity contribution < 1.29 is 9.53 Å². The SMILES string of the molecule is CC(C)(C)CN=CCC(C)(C)CCC(C)(C)OC(=O)C(C)(C)C. The van der Waals surface area contributed by atoms with Crippen LogP contribution >= 0.6 is 0 Å². The Hall–Kier alpha value is -0.860. The van der Waals surface area contributed by atoms with E-state index in [2.05, 4.69) is 45.8 Å². The maximum absolute atomic E-state index is 12.1. The molecule has 0 N–H and O–H groups in total. The average Bonchev–Trinajstić information content (AvgIpc) is 2.30. The Bertz CT molecular complexity index is 406. The van der Waals surface area contributed by atoms with Crippen molar-refractivity contribution in [2.75, 3.05) is 6.54 Å². The van der Waals surface area contributed by atoms with Gasteiger partial charge in [-0.05, 0) is 70.9 Å². The normalized spacial score (nSPS) is 14.3. The standard InChI is InChI=1S/C20H39NO2/c1-17(2,3)15-21-14-13-19(7,8)11-12-20(9,10)23-16(22)18(4,5)6/h14H,11-13,15H2,1-10H3. The number of carbonyl (C=O) groups is 1. The predicted octanol–water partition coefficient (Wildman–Crippen LogP) is 5.67. The summed E-state index contributed by atoms with van der Waals surface area (Å²) in [6.45, 7) is 21.6. The Morgan fingerprint density at radius 3 is 1.87 bits per heavy atom. The van der Waals surface area contributed by atoms with Gasteiger partial charge in [0.25, 0.3) is 0 Å². The zero-order valence-corrected chi connectivity index (χ0v) is 17.2. The molecule has 0 saturated heterocycles. The summed E-state index contributed by atoms with van der Waals surface area (Å²) in [4.78, 5) is 16.6. The van der Waals surface area contributed by atoms with Crippen LogP contribution < -0.4 is 0 Å². The summed E-state index contributed by atoms with van der Waals surface area (Å²) >= 11 is 0. The van der Waals surface area contributed by atoms with Crippen LogP contribution in [0.4, 0.5) is 0 Å². The van der Waals surface area contributed by atoms with Gasteiger partial charge in [0.2, 0.25) is 0 Å². The van der Waals surface area contributed by atoms with Gasteiger partial charge in [-0.2, -0.15) is 0 Å². The van der Waals surface area contributed by atoms with Crippen LogP contribution in [0.15, 0.2) is 4.99 Å². The highest BCUT2D eigenvalue weighted by molar-refractivity contribution is 5.75. The molecule has 0 aliphatic carbocycles. The number of rotatable bonds is 7. The number of ether oxygens (including phenoxy) is 1. The summed E-state index contributed by atoms with van der Waals surface area (Å²) in [5.74, 6) is -0.132. The molecule has 0 aliphatic heterocycles. The van der Waals surface area contributed by atoms with Gasteiger partial charge in [-0.3, -0.25) is 9.79 Å². The average molecular weight is 326 g/mol. The van der Waals surface area contributed by atoms with Crippen molar-refractivity contribution in [2.45, 2.75) is 94.1 Å². The van der Waals surface area contributed by atoms with Gasteiger partial charge in [0, 0.05) is 6.54 Å². The zero-order chi connectivity index (χ0) is 18.5. The zero-order valence-electron chi connectivity index (χ0n) is 17.2. The Labute approximate surface area is 144 Å². The molecule has 0 spiro atoms. The highest BCUT2D eigenvalue weighted by Gasteiger charge is 2.31. The summed E-state index contributed by atoms with van der Waals surface area (Å²) in [6.07, 6.45) is 4.86. The third kappa shape index (κ3) is 11.3. The third-order valence-electron chi connectivity index (χ3n) is 3.72. The molecule has 0 aromatic heterocycles. The molecule has 0 amide bonds. The molecule has 0 aliphatic rings. The fourth-order valence-corrected chi connectivity index (χ4v) is 1.85. The lowest BCUT2D eigenvalue weighted by atomic mass is 9.81. The second-order valence-electron chi connectivity index (χ2n) is 10.4. The predicted molar refractivity (Wildman–Crippen MR) is 100 cm³/mol. The highest BCUT2D eigenvalue weighted by Crippen LogP contribution is 2.32. The molecule has 0 aromatic rings. The quantitative estimate of drug-likeness (QED) is 0.447. The van der Waals surface area contributed by atoms with Crippen molar-refractivity contribution in [3.05, 3.63) is 0 Å². The topological polar surface area (TPSA) is 38.7 Å². The lowest BCUT2D eigenvalue weighted by molar-refractivity contribution is -0.167. The van der Waals surface area contributed by atoms with Gasteiger partial charge < -0.3 is 4.74 Å². The lowest BCUT2D eigenvalue weighted by Crippen LogP contribution is -2.35. The molecule has 0 radical (unpaired) electrons. The first kappa shape index (κ1) is 22.1. The number of hydrogen-bond acceptors (Lipinski definition) is 3. The molecule has 3 heteroatoms. The van der Waals surface area contributed by atoms with E-state index in [-0.39, 0.29) is 16.8 Å². The smallest absolute Gasteiger partial charge is 0.311 e. The maximum atomic E-state index is 12.1. The molecule has 136 valence electrons. The van der Waals surface area contributed by atoms with Gasteiger partial charge in [0.15, 0.2) is 0 Å². The number of aliphatic imine (C=N–C) groups is 1. The summed E-state index contributed by atoms with van der Waals surface area (Å²) in [5.41, 5.74) is -0.479. The van der Waals surface area contributed by atoms with E-state index in [4.69, 9.17) is 4.74 Å². The Morgan fingerprint density at radius 1 is 0.913 bits per heavy atom. The molecular formula is C20H39NO2. The Kier molecular flexibility index (Phi) is 7.52. The van der Waals surface area contributed by atoms with E-state index < -0.39 is 11.0 Å². The van der Waals surface area contributed by atoms with Gasteiger partial charge in [0.05, 0.1) is 5.41 Å². The van der Waals surface area contributed by atoms with E-state index in [0.717, 1.165) is 25.8 Å². The van der Waals surface area contributed by atoms with E-state index >= 15 is 0 Å². The molecule has 3 nitrogen and oxygen atoms in total. The second-order valence-corrected chi connectivity index (χ2v) is 10.4. The van der Waals surface area contributed by atoms with Crippen molar-refractivity contribution in [3.8, 4) is 0 Å². The number of carbonyl (C=O) groups excluding carboxylic acids is 1. The van der Waals surface area contributed by atoms with Crippen molar-refractivity contribution in [1.29, 1.82) is 0 Å². The fourth-order valence-electron chi connectivity index (χ4n) is 1.85. The van der Waals surface area contributed by atoms with Gasteiger partial charge in [-0.15, -0.1) is 0 Å². The summed E-state index contributed by atoms with van der Waals surface area (Å²) in [5, 5.41) is 0. The maximum Gasteiger partial charge on any atom is 0.311 e. The Balaban J connectivity index is 4.43. The van der Waals surface area contributed by atoms with Crippen molar-refractivity contribution in [3.63, 3.8) is 0 Å². The third-order valence-corrected chi connectivity index (χ3v) is 3.72. The van der Waals surface area contributed by atoms with Crippen LogP contribution in [0.3, 0.4) is 0 Å². The molecule has 23 heavy (non-hydrogen) atoms. The van der Waals surface area contributed by atoms with Gasteiger partial charge in [-0.25, -0.2) is 0 Å². The molecule has 0 unspecified atom stereocenters. The van der Waals surface area contributed by atoms with Crippen molar-refractivity contribution in [1.82, 2.24) is 0 Å². The lowest BCUT2D eigenvalue weighted by Gasteiger charge is -2.32. The minimum Gasteiger partial charge on any atom is -0.459 e. The van der Waals surface area contributed by atoms with Crippen LogP contribution in [0.2, 0.25) is 0 Å². The number of hydrogen-bond donors (Lipinski definition) is 0. The Morgan fingerprint density at radius 2 is 1.43 bits per heavy atom. The van der Waals surface area contributed by atoms with Crippen LogP contribution in [0.25, 0.3) is 0 Å². The molecule has 0 fully saturated rings. The first-order valence-corrected chi connectivity index (χ1v) is 8.76. The molecule has 0 bridgehead atoms. The minimum atomic E-state index is -0.452. The van der Waals surface area contributed by atoms with E-state index in [1.807, 2.05) is 34.6 Å². The molecule has 0 saturated carbocycles. The van der Waals surface area contributed by atoms with E-state index in [1.165, 1.54) is 0 Å². The molecule has 0 aromatic carbocycles. The summed E-state index contributed by atoms with van der Waals surface area (Å²) in [6, 6.07) is 0. The van der Waals surface area contributed by atoms with E-state index in [0.29, 0.717) is 0 Å². The van der Waals surface area contributed by atoms with Gasteiger partial charge in [-0.1, -0.05) is 34.6 Å². The minimum absolute atomic E-state index is 0.132. The van der Waals surface area contributed by atoms with Gasteiger partial charge >= 0.3 is 5.97 Å². The van der Waals surface area contributed by atoms with Crippen LogP contribution in [-0.2, 0) is 9.53 Å². The largest absolute Gasteiger partial charge is 0.459 e. The molecule has 0 rings (SSSR count). The first-order valence-electron chi connectivity index (χ1n) is 8.76. The monoisotopic (exact) mass is 325 g/mol. The van der Waals surface area contributed by atoms with Crippen LogP contribution in [0.1, 0.15) is 88.5 Å². The number of esters is 1. The molecular weight excluding hydrogens is 286 g/mol. The van der Waals surface area contributed by atoms with Crippen LogP contribution in [0.5, 0.6) is 0 Å². The number of nitrogens with zero attached hydrogens (tertiary/aromatic N) is 1. The molecule has 0 heterocycles. The van der Waals surface area contributed by atoms with Gasteiger partial charge in [0.1, 0.15) is 5.60 Å². The second kappa shape index (κ2) is 7.81. The highest BCUT2D eigenvalue weighted by atomic mass is 16.6. The van der Waals surface area contributed by atoms with E-state index in [1.54, 1.807) is 0 Å². The van der Waals surface area contributed by atoms with Crippen molar-refractivity contribution in [2.24, 2.45) is 21.2 Å². The summed E-state index contributed by atoms with van der Waals surface area (Å²) in [7, 11) is 0. The summed E-state index contributed by atoms with van der Waals surface area (Å²) < 4.78 is 5.70. The van der Waals surface area contributed by atoms with Crippen LogP contribution in [-0.4, -0.2) is 24.3 Å². The molecule has 0 atom stereocenters. The van der Waals surface area contributed by atoms with Crippen molar-refractivity contribution >= 4 is 12.2 Å².